The molecule has 0 bridgehead atoms. The number of pyridine rings is 1. The number of anilines is 1. The van der Waals surface area contributed by atoms with E-state index in [1.165, 1.54) is 28.4 Å². The van der Waals surface area contributed by atoms with Crippen molar-refractivity contribution in [2.45, 2.75) is 31.4 Å². The largest absolute Gasteiger partial charge is 0.347 e. The Morgan fingerprint density at radius 3 is 3.00 bits per heavy atom. The number of amides is 2. The number of nitrogens with zero attached hydrogens (tertiary/aromatic N) is 2. The number of fused-ring (bicyclic) bond motifs is 3. The second kappa shape index (κ2) is 9.40. The molecular weight excluding hydrogens is 422 g/mol. The van der Waals surface area contributed by atoms with Crippen molar-refractivity contribution in [1.29, 1.82) is 0 Å². The van der Waals surface area contributed by atoms with Crippen LogP contribution >= 0.6 is 23.1 Å². The third kappa shape index (κ3) is 4.88. The molecule has 0 saturated carbocycles. The number of aromatic nitrogens is 3. The second-order valence-electron chi connectivity index (χ2n) is 6.92. The molecule has 0 saturated heterocycles. The van der Waals surface area contributed by atoms with Crippen molar-refractivity contribution in [2.75, 3.05) is 17.6 Å². The van der Waals surface area contributed by atoms with Gasteiger partial charge >= 0.3 is 0 Å². The fourth-order valence-electron chi connectivity index (χ4n) is 3.36. The van der Waals surface area contributed by atoms with Gasteiger partial charge in [0.2, 0.25) is 11.8 Å². The maximum absolute atomic E-state index is 12.4. The van der Waals surface area contributed by atoms with Crippen LogP contribution < -0.4 is 16.2 Å². The summed E-state index contributed by atoms with van der Waals surface area (Å²) in [6.07, 6.45) is 6.55. The summed E-state index contributed by atoms with van der Waals surface area (Å²) in [5, 5.41) is 6.01. The van der Waals surface area contributed by atoms with Crippen LogP contribution in [-0.2, 0) is 28.2 Å². The summed E-state index contributed by atoms with van der Waals surface area (Å²) in [4.78, 5) is 49.7. The van der Waals surface area contributed by atoms with Crippen LogP contribution in [0.3, 0.4) is 0 Å². The van der Waals surface area contributed by atoms with Crippen molar-refractivity contribution in [3.63, 3.8) is 0 Å². The SMILES string of the molecule is O=C(CCSCc1nc2sc3c(c2c(=O)[nH]1)CCC3)NCC(=O)Nc1cccnc1. The lowest BCUT2D eigenvalue weighted by atomic mass is 10.2. The molecule has 8 nitrogen and oxygen atoms in total. The molecule has 0 radical (unpaired) electrons. The number of hydrogen-bond acceptors (Lipinski definition) is 7. The Labute approximate surface area is 180 Å². The van der Waals surface area contributed by atoms with Crippen molar-refractivity contribution < 1.29 is 9.59 Å². The van der Waals surface area contributed by atoms with E-state index in [0.717, 1.165) is 29.5 Å². The fraction of sp³-hybridized carbons (Fsp3) is 0.350. The number of thioether (sulfide) groups is 1. The van der Waals surface area contributed by atoms with Crippen molar-refractivity contribution in [3.8, 4) is 0 Å². The van der Waals surface area contributed by atoms with Crippen LogP contribution in [0, 0.1) is 0 Å². The third-order valence-corrected chi connectivity index (χ3v) is 6.88. The summed E-state index contributed by atoms with van der Waals surface area (Å²) in [6, 6.07) is 3.44. The molecule has 3 N–H and O–H groups in total. The predicted octanol–water partition coefficient (Wildman–Crippen LogP) is 2.25. The number of nitrogens with one attached hydrogen (secondary N) is 3. The summed E-state index contributed by atoms with van der Waals surface area (Å²) in [5.41, 5.74) is 1.70. The molecule has 3 aromatic heterocycles. The number of thiophene rings is 1. The van der Waals surface area contributed by atoms with Gasteiger partial charge in [-0.05, 0) is 37.0 Å². The number of rotatable bonds is 8. The van der Waals surface area contributed by atoms with Crippen LogP contribution in [0.4, 0.5) is 5.69 Å². The highest BCUT2D eigenvalue weighted by molar-refractivity contribution is 7.98. The first kappa shape index (κ1) is 20.5. The van der Waals surface area contributed by atoms with Crippen LogP contribution in [0.5, 0.6) is 0 Å². The monoisotopic (exact) mass is 443 g/mol. The molecule has 0 aromatic carbocycles. The molecule has 4 rings (SSSR count). The Kier molecular flexibility index (Phi) is 6.44. The molecule has 3 aromatic rings. The van der Waals surface area contributed by atoms with Crippen molar-refractivity contribution in [2.24, 2.45) is 0 Å². The zero-order valence-electron chi connectivity index (χ0n) is 16.2. The minimum absolute atomic E-state index is 0.0626. The average Bonchev–Trinajstić information content (AvgIpc) is 3.31. The molecule has 1 aliphatic carbocycles. The van der Waals surface area contributed by atoms with E-state index in [-0.39, 0.29) is 30.3 Å². The van der Waals surface area contributed by atoms with Crippen molar-refractivity contribution in [1.82, 2.24) is 20.3 Å². The van der Waals surface area contributed by atoms with Gasteiger partial charge in [0.05, 0.1) is 29.6 Å². The molecule has 0 aliphatic heterocycles. The minimum atomic E-state index is -0.304. The highest BCUT2D eigenvalue weighted by Gasteiger charge is 2.21. The molecule has 1 aliphatic rings. The number of hydrogen-bond donors (Lipinski definition) is 3. The quantitative estimate of drug-likeness (QED) is 0.460. The highest BCUT2D eigenvalue weighted by atomic mass is 32.2. The zero-order valence-corrected chi connectivity index (χ0v) is 17.8. The van der Waals surface area contributed by atoms with E-state index >= 15 is 0 Å². The van der Waals surface area contributed by atoms with Gasteiger partial charge in [0.25, 0.3) is 5.56 Å². The first-order valence-corrected chi connectivity index (χ1v) is 11.6. The van der Waals surface area contributed by atoms with Gasteiger partial charge in [-0.15, -0.1) is 11.3 Å². The van der Waals surface area contributed by atoms with Gasteiger partial charge in [0.15, 0.2) is 0 Å². The van der Waals surface area contributed by atoms with E-state index in [0.29, 0.717) is 23.0 Å². The molecule has 0 unspecified atom stereocenters. The minimum Gasteiger partial charge on any atom is -0.347 e. The van der Waals surface area contributed by atoms with Gasteiger partial charge in [-0.25, -0.2) is 4.98 Å². The molecule has 156 valence electrons. The number of H-pyrrole nitrogens is 1. The molecule has 0 atom stereocenters. The summed E-state index contributed by atoms with van der Waals surface area (Å²) < 4.78 is 0. The maximum atomic E-state index is 12.4. The van der Waals surface area contributed by atoms with Gasteiger partial charge in [-0.3, -0.25) is 19.4 Å². The molecular formula is C20H21N5O3S2. The fourth-order valence-corrected chi connectivity index (χ4v) is 5.44. The lowest BCUT2D eigenvalue weighted by Crippen LogP contribution is -2.33. The molecule has 2 amide bonds. The normalized spacial score (nSPS) is 12.7. The van der Waals surface area contributed by atoms with E-state index in [9.17, 15) is 14.4 Å². The number of carbonyl (C=O) groups is 2. The van der Waals surface area contributed by atoms with E-state index in [2.05, 4.69) is 25.6 Å². The lowest BCUT2D eigenvalue weighted by molar-refractivity contribution is -0.123. The summed E-state index contributed by atoms with van der Waals surface area (Å²) >= 11 is 3.14. The second-order valence-corrected chi connectivity index (χ2v) is 9.11. The van der Waals surface area contributed by atoms with E-state index in [1.54, 1.807) is 29.7 Å². The first-order chi connectivity index (χ1) is 14.6. The molecule has 0 spiro atoms. The molecule has 0 fully saturated rings. The average molecular weight is 444 g/mol. The lowest BCUT2D eigenvalue weighted by Gasteiger charge is -2.06. The van der Waals surface area contributed by atoms with E-state index in [1.807, 2.05) is 0 Å². The predicted molar refractivity (Wildman–Crippen MR) is 119 cm³/mol. The van der Waals surface area contributed by atoms with Crippen LogP contribution in [0.25, 0.3) is 10.2 Å². The van der Waals surface area contributed by atoms with Gasteiger partial charge in [-0.2, -0.15) is 11.8 Å². The zero-order chi connectivity index (χ0) is 20.9. The Bertz CT molecular complexity index is 1130. The smallest absolute Gasteiger partial charge is 0.259 e. The van der Waals surface area contributed by atoms with Gasteiger partial charge in [-0.1, -0.05) is 0 Å². The third-order valence-electron chi connectivity index (χ3n) is 4.73. The summed E-state index contributed by atoms with van der Waals surface area (Å²) in [5.74, 6) is 1.23. The molecule has 30 heavy (non-hydrogen) atoms. The maximum Gasteiger partial charge on any atom is 0.259 e. The summed E-state index contributed by atoms with van der Waals surface area (Å²) in [7, 11) is 0. The Morgan fingerprint density at radius 2 is 2.17 bits per heavy atom. The number of aryl methyl sites for hydroxylation is 2. The Balaban J connectivity index is 1.20. The van der Waals surface area contributed by atoms with Gasteiger partial charge in [0, 0.05) is 23.2 Å². The molecule has 10 heteroatoms. The number of carbonyl (C=O) groups excluding carboxylic acids is 2. The van der Waals surface area contributed by atoms with Crippen LogP contribution in [-0.4, -0.2) is 39.1 Å². The highest BCUT2D eigenvalue weighted by Crippen LogP contribution is 2.34. The van der Waals surface area contributed by atoms with Gasteiger partial charge in [0.1, 0.15) is 10.7 Å². The van der Waals surface area contributed by atoms with Gasteiger partial charge < -0.3 is 15.6 Å². The standard InChI is InChI=1S/C20H21N5O3S2/c26-16(22-10-17(27)23-12-3-2-7-21-9-12)6-8-29-11-15-24-19(28)18-13-4-1-5-14(13)30-20(18)25-15/h2-3,7,9H,1,4-6,8,10-11H2,(H,22,26)(H,23,27)(H,24,25,28). The number of aromatic amines is 1. The van der Waals surface area contributed by atoms with Crippen LogP contribution in [0.2, 0.25) is 0 Å². The van der Waals surface area contributed by atoms with Crippen LogP contribution in [0.1, 0.15) is 29.1 Å². The summed E-state index contributed by atoms with van der Waals surface area (Å²) in [6.45, 7) is -0.0903. The Hall–Kier alpha value is -2.72. The van der Waals surface area contributed by atoms with Crippen LogP contribution in [0.15, 0.2) is 29.3 Å². The van der Waals surface area contributed by atoms with Crippen molar-refractivity contribution >= 4 is 50.8 Å². The van der Waals surface area contributed by atoms with E-state index < -0.39 is 0 Å². The topological polar surface area (TPSA) is 117 Å². The molecule has 3 heterocycles. The van der Waals surface area contributed by atoms with E-state index in [4.69, 9.17) is 0 Å². The Morgan fingerprint density at radius 1 is 1.27 bits per heavy atom. The first-order valence-electron chi connectivity index (χ1n) is 9.68. The van der Waals surface area contributed by atoms with Crippen molar-refractivity contribution in [3.05, 3.63) is 51.1 Å².